The van der Waals surface area contributed by atoms with E-state index >= 15 is 0 Å². The number of carboxylic acids is 1. The summed E-state index contributed by atoms with van der Waals surface area (Å²) >= 11 is 0. The fourth-order valence-electron chi connectivity index (χ4n) is 4.70. The molecule has 0 bridgehead atoms. The lowest BCUT2D eigenvalue weighted by Crippen LogP contribution is -2.57. The van der Waals surface area contributed by atoms with Crippen LogP contribution in [-0.2, 0) is 57.1 Å². The highest BCUT2D eigenvalue weighted by Gasteiger charge is 2.32. The van der Waals surface area contributed by atoms with E-state index in [2.05, 4.69) is 29.1 Å². The van der Waals surface area contributed by atoms with Gasteiger partial charge in [-0.25, -0.2) is 8.96 Å². The number of primary amides is 1. The average molecular weight is 733 g/mol. The highest BCUT2D eigenvalue weighted by atomic mass is 31.2. The van der Waals surface area contributed by atoms with Gasteiger partial charge in [-0.15, -0.1) is 13.2 Å². The van der Waals surface area contributed by atoms with Gasteiger partial charge in [0.15, 0.2) is 0 Å². The molecule has 0 spiro atoms. The Labute approximate surface area is 296 Å². The number of amides is 4. The van der Waals surface area contributed by atoms with Crippen LogP contribution in [0.5, 0.6) is 5.75 Å². The first-order valence-electron chi connectivity index (χ1n) is 16.1. The molecular weight excluding hydrogens is 686 g/mol. The van der Waals surface area contributed by atoms with Crippen LogP contribution >= 0.6 is 7.82 Å². The molecule has 14 nitrogen and oxygen atoms in total. The lowest BCUT2D eigenvalue weighted by Gasteiger charge is -2.26. The predicted molar refractivity (Wildman–Crippen MR) is 187 cm³/mol. The minimum absolute atomic E-state index is 0.00295. The molecule has 4 amide bonds. The van der Waals surface area contributed by atoms with Crippen molar-refractivity contribution < 1.29 is 51.6 Å². The first kappa shape index (κ1) is 42.3. The molecule has 0 aliphatic carbocycles. The monoisotopic (exact) mass is 732 g/mol. The van der Waals surface area contributed by atoms with Crippen molar-refractivity contribution in [2.45, 2.75) is 70.8 Å². The largest absolute Gasteiger partial charge is 0.530 e. The van der Waals surface area contributed by atoms with Crippen molar-refractivity contribution in [1.82, 2.24) is 16.0 Å². The number of phosphoric ester groups is 1. The summed E-state index contributed by atoms with van der Waals surface area (Å²) in [4.78, 5) is 63.3. The number of aliphatic carboxylic acids is 1. The summed E-state index contributed by atoms with van der Waals surface area (Å²) in [6.07, 6.45) is 1.75. The van der Waals surface area contributed by atoms with Gasteiger partial charge in [0.05, 0.1) is 19.6 Å². The summed E-state index contributed by atoms with van der Waals surface area (Å²) in [6.45, 7) is 9.17. The molecule has 2 rings (SSSR count). The van der Waals surface area contributed by atoms with Gasteiger partial charge in [0.1, 0.15) is 30.5 Å². The molecular formula is C35H46FN4O10P. The molecule has 2 aromatic carbocycles. The van der Waals surface area contributed by atoms with E-state index in [1.807, 2.05) is 13.8 Å². The van der Waals surface area contributed by atoms with Gasteiger partial charge in [0.2, 0.25) is 23.6 Å². The molecule has 0 unspecified atom stereocenters. The summed E-state index contributed by atoms with van der Waals surface area (Å²) in [7, 11) is -4.23. The van der Waals surface area contributed by atoms with Crippen LogP contribution in [-0.4, -0.2) is 66.0 Å². The summed E-state index contributed by atoms with van der Waals surface area (Å²) in [5.74, 6) is -4.46. The van der Waals surface area contributed by atoms with Crippen molar-refractivity contribution in [3.8, 4) is 5.75 Å². The van der Waals surface area contributed by atoms with Crippen LogP contribution < -0.4 is 26.2 Å². The van der Waals surface area contributed by atoms with E-state index < -0.39 is 75.1 Å². The highest BCUT2D eigenvalue weighted by Crippen LogP contribution is 2.50. The third kappa shape index (κ3) is 15.3. The van der Waals surface area contributed by atoms with Gasteiger partial charge in [-0.3, -0.25) is 33.0 Å². The second-order valence-corrected chi connectivity index (χ2v) is 13.4. The number of carbonyl (C=O) groups is 5. The predicted octanol–water partition coefficient (Wildman–Crippen LogP) is 3.68. The van der Waals surface area contributed by atoms with Crippen LogP contribution in [0.2, 0.25) is 0 Å². The number of benzene rings is 2. The van der Waals surface area contributed by atoms with Crippen molar-refractivity contribution in [1.29, 1.82) is 0 Å². The maximum Gasteiger partial charge on any atom is 0.530 e. The van der Waals surface area contributed by atoms with Gasteiger partial charge in [0.25, 0.3) is 0 Å². The van der Waals surface area contributed by atoms with Crippen molar-refractivity contribution in [2.24, 2.45) is 11.7 Å². The van der Waals surface area contributed by atoms with Crippen LogP contribution in [0.4, 0.5) is 4.39 Å². The zero-order valence-electron chi connectivity index (χ0n) is 28.7. The summed E-state index contributed by atoms with van der Waals surface area (Å²) < 4.78 is 43.3. The Balaban J connectivity index is 2.47. The van der Waals surface area contributed by atoms with Crippen molar-refractivity contribution in [3.63, 3.8) is 0 Å². The molecule has 6 N–H and O–H groups in total. The maximum atomic E-state index is 14.3. The van der Waals surface area contributed by atoms with E-state index in [4.69, 9.17) is 24.4 Å². The normalized spacial score (nSPS) is 12.9. The summed E-state index contributed by atoms with van der Waals surface area (Å²) in [5.41, 5.74) is 6.47. The third-order valence-corrected chi connectivity index (χ3v) is 8.47. The number of rotatable bonds is 24. The van der Waals surface area contributed by atoms with Gasteiger partial charge >= 0.3 is 13.8 Å². The highest BCUT2D eigenvalue weighted by molar-refractivity contribution is 7.48. The number of hydrogen-bond donors (Lipinski definition) is 5. The van der Waals surface area contributed by atoms with Crippen LogP contribution in [0.3, 0.4) is 0 Å². The number of carbonyl (C=O) groups excluding carboxylic acids is 4. The Morgan fingerprint density at radius 3 is 1.96 bits per heavy atom. The Hall–Kier alpha value is -4.85. The SMILES string of the molecule is C=CCOP(=O)(OCC=C)Oc1ccc(C[C@H](NC(=O)[C@H](Cc2ccccc2)NC(=O)CCC(=O)O)C(=O)N[C@@H](CC(C)C)C(N)=O)cc1CF. The van der Waals surface area contributed by atoms with Crippen molar-refractivity contribution >= 4 is 37.4 Å². The van der Waals surface area contributed by atoms with Crippen LogP contribution in [0.15, 0.2) is 73.8 Å². The fourth-order valence-corrected chi connectivity index (χ4v) is 5.88. The molecule has 0 heterocycles. The number of nitrogens with two attached hydrogens (primary N) is 1. The second-order valence-electron chi connectivity index (χ2n) is 11.8. The quantitative estimate of drug-likeness (QED) is 0.0780. The first-order chi connectivity index (χ1) is 24.2. The zero-order chi connectivity index (χ0) is 38.0. The standard InChI is InChI=1S/C35H46FN4O10P/c1-5-16-48-51(47,49-17-6-2)50-30-13-12-25(19-26(30)22-36)21-29(35(46)39-27(33(37)44)18-23(3)4)40-34(45)28(20-24-10-8-7-9-11-24)38-31(41)14-15-32(42)43/h5-13,19,23,27-29H,1-2,14-18,20-22H2,3-4H3,(H2,37,44)(H,38,41)(H,39,46)(H,40,45)(H,42,43)/t27-,28-,29-/m0/s1. The molecule has 0 radical (unpaired) electrons. The van der Waals surface area contributed by atoms with E-state index in [0.717, 1.165) is 0 Å². The number of phosphoric acid groups is 1. The zero-order valence-corrected chi connectivity index (χ0v) is 29.6. The van der Waals surface area contributed by atoms with Gasteiger partial charge in [-0.05, 0) is 35.6 Å². The van der Waals surface area contributed by atoms with Crippen molar-refractivity contribution in [2.75, 3.05) is 13.2 Å². The Morgan fingerprint density at radius 1 is 0.863 bits per heavy atom. The van der Waals surface area contributed by atoms with E-state index in [9.17, 15) is 32.9 Å². The molecule has 278 valence electrons. The van der Waals surface area contributed by atoms with Crippen LogP contribution in [0, 0.1) is 5.92 Å². The number of carboxylic acid groups (broad SMARTS) is 1. The molecule has 0 aliphatic rings. The summed E-state index contributed by atoms with van der Waals surface area (Å²) in [5, 5.41) is 16.8. The first-order valence-corrected chi connectivity index (χ1v) is 17.6. The number of halogens is 1. The lowest BCUT2D eigenvalue weighted by atomic mass is 9.99. The average Bonchev–Trinajstić information content (AvgIpc) is 3.08. The Bertz CT molecular complexity index is 1560. The molecule has 51 heavy (non-hydrogen) atoms. The molecule has 2 aromatic rings. The summed E-state index contributed by atoms with van der Waals surface area (Å²) in [6, 6.07) is 9.07. The molecule has 0 saturated carbocycles. The molecule has 16 heteroatoms. The van der Waals surface area contributed by atoms with E-state index in [1.54, 1.807) is 30.3 Å². The fraction of sp³-hybridized carbons (Fsp3) is 0.400. The smallest absolute Gasteiger partial charge is 0.481 e. The molecule has 0 saturated heterocycles. The van der Waals surface area contributed by atoms with Crippen LogP contribution in [0.1, 0.15) is 49.8 Å². The van der Waals surface area contributed by atoms with Crippen LogP contribution in [0.25, 0.3) is 0 Å². The van der Waals surface area contributed by atoms with Crippen molar-refractivity contribution in [3.05, 3.63) is 90.5 Å². The Morgan fingerprint density at radius 2 is 1.43 bits per heavy atom. The van der Waals surface area contributed by atoms with E-state index in [1.165, 1.54) is 30.4 Å². The molecule has 0 aliphatic heterocycles. The minimum atomic E-state index is -4.23. The number of alkyl halides is 1. The van der Waals surface area contributed by atoms with Gasteiger partial charge < -0.3 is 31.3 Å². The molecule has 3 atom stereocenters. The molecule has 0 aromatic heterocycles. The minimum Gasteiger partial charge on any atom is -0.481 e. The van der Waals surface area contributed by atoms with Gasteiger partial charge in [0, 0.05) is 24.8 Å². The maximum absolute atomic E-state index is 14.3. The number of hydrogen-bond acceptors (Lipinski definition) is 9. The molecule has 0 fully saturated rings. The van der Waals surface area contributed by atoms with E-state index in [0.29, 0.717) is 11.1 Å². The Kier molecular flexibility index (Phi) is 17.7. The lowest BCUT2D eigenvalue weighted by molar-refractivity contribution is -0.139. The van der Waals surface area contributed by atoms with E-state index in [-0.39, 0.29) is 49.7 Å². The van der Waals surface area contributed by atoms with Gasteiger partial charge in [-0.2, -0.15) is 0 Å². The van der Waals surface area contributed by atoms with Gasteiger partial charge in [-0.1, -0.05) is 62.4 Å². The third-order valence-electron chi connectivity index (χ3n) is 7.12. The number of nitrogens with one attached hydrogen (secondary N) is 3. The topological polar surface area (TPSA) is 212 Å². The second kappa shape index (κ2) is 21.4.